The topological polar surface area (TPSA) is 77.5 Å². The number of ketones is 2. The number of carbonyl (C=O) groups excluding carboxylic acids is 4. The average molecular weight is 262 g/mol. The molecule has 0 N–H and O–H groups in total. The zero-order chi connectivity index (χ0) is 14.3. The molecule has 19 heavy (non-hydrogen) atoms. The number of hydrogen-bond donors (Lipinski definition) is 0. The van der Waals surface area contributed by atoms with Crippen LogP contribution in [0.3, 0.4) is 0 Å². The van der Waals surface area contributed by atoms with Crippen LogP contribution < -0.4 is 0 Å². The molecule has 0 saturated heterocycles. The molecule has 1 unspecified atom stereocenters. The molecule has 0 aliphatic carbocycles. The third kappa shape index (κ3) is 4.13. The molecule has 0 aliphatic heterocycles. The lowest BCUT2D eigenvalue weighted by Crippen LogP contribution is -2.35. The molecule has 0 aliphatic rings. The molecule has 0 saturated carbocycles. The molecular formula is C14H14O5. The second-order valence-electron chi connectivity index (χ2n) is 3.81. The van der Waals surface area contributed by atoms with Gasteiger partial charge in [0.15, 0.2) is 11.6 Å². The fourth-order valence-electron chi connectivity index (χ4n) is 1.43. The molecule has 1 rings (SSSR count). The van der Waals surface area contributed by atoms with E-state index in [1.807, 2.05) is 0 Å². The van der Waals surface area contributed by atoms with E-state index in [2.05, 4.69) is 0 Å². The Morgan fingerprint density at radius 1 is 1.16 bits per heavy atom. The molecule has 1 atom stereocenters. The van der Waals surface area contributed by atoms with Crippen LogP contribution in [0.1, 0.15) is 30.1 Å². The number of esters is 1. The van der Waals surface area contributed by atoms with E-state index in [1.54, 1.807) is 25.1 Å². The molecule has 0 aromatic heterocycles. The predicted molar refractivity (Wildman–Crippen MR) is 66.6 cm³/mol. The number of benzene rings is 1. The van der Waals surface area contributed by atoms with Crippen molar-refractivity contribution in [1.82, 2.24) is 0 Å². The largest absolute Gasteiger partial charge is 0.443 e. The van der Waals surface area contributed by atoms with Crippen molar-refractivity contribution < 1.29 is 23.9 Å². The fourth-order valence-corrected chi connectivity index (χ4v) is 1.43. The summed E-state index contributed by atoms with van der Waals surface area (Å²) in [6, 6.07) is 8.03. The summed E-state index contributed by atoms with van der Waals surface area (Å²) in [7, 11) is 0. The van der Waals surface area contributed by atoms with Gasteiger partial charge in [0.2, 0.25) is 6.10 Å². The lowest BCUT2D eigenvalue weighted by atomic mass is 10.1. The van der Waals surface area contributed by atoms with Gasteiger partial charge in [-0.2, -0.15) is 0 Å². The minimum absolute atomic E-state index is 0.0529. The van der Waals surface area contributed by atoms with Crippen LogP contribution in [0.5, 0.6) is 0 Å². The van der Waals surface area contributed by atoms with E-state index >= 15 is 0 Å². The van der Waals surface area contributed by atoms with Gasteiger partial charge in [-0.05, 0) is 12.1 Å². The number of Topliss-reactive ketones (excluding diaryl/α,β-unsaturated/α-hetero) is 2. The van der Waals surface area contributed by atoms with Gasteiger partial charge >= 0.3 is 5.97 Å². The van der Waals surface area contributed by atoms with Gasteiger partial charge in [0.1, 0.15) is 6.29 Å². The average Bonchev–Trinajstić information content (AvgIpc) is 2.44. The van der Waals surface area contributed by atoms with Crippen LogP contribution in [0.2, 0.25) is 0 Å². The second kappa shape index (κ2) is 7.20. The van der Waals surface area contributed by atoms with E-state index in [1.165, 1.54) is 12.1 Å². The van der Waals surface area contributed by atoms with Crippen molar-refractivity contribution in [2.75, 3.05) is 0 Å². The Bertz CT molecular complexity index is 478. The Morgan fingerprint density at radius 2 is 1.79 bits per heavy atom. The van der Waals surface area contributed by atoms with Gasteiger partial charge in [-0.3, -0.25) is 9.59 Å². The summed E-state index contributed by atoms with van der Waals surface area (Å²) in [5.41, 5.74) is 0.246. The maximum Gasteiger partial charge on any atom is 0.339 e. The highest BCUT2D eigenvalue weighted by atomic mass is 16.5. The van der Waals surface area contributed by atoms with E-state index in [9.17, 15) is 19.2 Å². The van der Waals surface area contributed by atoms with Crippen molar-refractivity contribution >= 4 is 23.8 Å². The summed E-state index contributed by atoms with van der Waals surface area (Å²) >= 11 is 0. The quantitative estimate of drug-likeness (QED) is 0.421. The van der Waals surface area contributed by atoms with E-state index in [4.69, 9.17) is 4.74 Å². The Kier molecular flexibility index (Phi) is 5.60. The second-order valence-corrected chi connectivity index (χ2v) is 3.81. The van der Waals surface area contributed by atoms with Crippen molar-refractivity contribution in [1.29, 1.82) is 0 Å². The molecule has 0 bridgehead atoms. The Morgan fingerprint density at radius 3 is 2.32 bits per heavy atom. The van der Waals surface area contributed by atoms with Gasteiger partial charge < -0.3 is 9.53 Å². The van der Waals surface area contributed by atoms with Gasteiger partial charge in [-0.15, -0.1) is 0 Å². The van der Waals surface area contributed by atoms with E-state index in [0.717, 1.165) is 0 Å². The van der Waals surface area contributed by atoms with Gasteiger partial charge in [0, 0.05) is 6.42 Å². The van der Waals surface area contributed by atoms with Crippen LogP contribution in [0.4, 0.5) is 0 Å². The molecule has 100 valence electrons. The van der Waals surface area contributed by atoms with Gasteiger partial charge in [-0.1, -0.05) is 25.1 Å². The van der Waals surface area contributed by atoms with Crippen molar-refractivity contribution in [2.24, 2.45) is 0 Å². The maximum atomic E-state index is 11.8. The summed E-state index contributed by atoms with van der Waals surface area (Å²) in [5, 5.41) is 0. The van der Waals surface area contributed by atoms with Crippen LogP contribution in [0.15, 0.2) is 30.3 Å². The zero-order valence-electron chi connectivity index (χ0n) is 10.5. The number of aldehydes is 1. The van der Waals surface area contributed by atoms with Gasteiger partial charge in [-0.25, -0.2) is 4.79 Å². The summed E-state index contributed by atoms with van der Waals surface area (Å²) < 4.78 is 4.91. The highest BCUT2D eigenvalue weighted by Gasteiger charge is 2.28. The minimum atomic E-state index is -1.50. The number of ether oxygens (including phenoxy) is 1. The number of carbonyl (C=O) groups is 4. The van der Waals surface area contributed by atoms with Crippen LogP contribution in [0, 0.1) is 0 Å². The molecule has 0 spiro atoms. The van der Waals surface area contributed by atoms with Gasteiger partial charge in [0.25, 0.3) is 0 Å². The lowest BCUT2D eigenvalue weighted by Gasteiger charge is -2.14. The van der Waals surface area contributed by atoms with Crippen molar-refractivity contribution in [3.63, 3.8) is 0 Å². The SMILES string of the molecule is CCC(=O)C(OC(=O)c1ccccc1)C(=O)CC=O. The fraction of sp³-hybridized carbons (Fsp3) is 0.286. The first-order chi connectivity index (χ1) is 9.10. The van der Waals surface area contributed by atoms with Crippen molar-refractivity contribution in [3.8, 4) is 0 Å². The van der Waals surface area contributed by atoms with E-state index in [-0.39, 0.29) is 12.0 Å². The van der Waals surface area contributed by atoms with Crippen molar-refractivity contribution in [2.45, 2.75) is 25.9 Å². The van der Waals surface area contributed by atoms with Crippen LogP contribution in [-0.4, -0.2) is 29.9 Å². The molecule has 0 fully saturated rings. The third-order valence-corrected chi connectivity index (χ3v) is 2.45. The van der Waals surface area contributed by atoms with E-state index in [0.29, 0.717) is 6.29 Å². The minimum Gasteiger partial charge on any atom is -0.443 e. The van der Waals surface area contributed by atoms with Crippen LogP contribution in [0.25, 0.3) is 0 Å². The Labute approximate surface area is 110 Å². The lowest BCUT2D eigenvalue weighted by molar-refractivity contribution is -0.139. The molecule has 1 aromatic rings. The zero-order valence-corrected chi connectivity index (χ0v) is 10.5. The first-order valence-electron chi connectivity index (χ1n) is 5.85. The smallest absolute Gasteiger partial charge is 0.339 e. The number of rotatable bonds is 7. The maximum absolute atomic E-state index is 11.8. The Hall–Kier alpha value is -2.30. The van der Waals surface area contributed by atoms with Crippen LogP contribution in [-0.2, 0) is 19.1 Å². The first kappa shape index (κ1) is 14.8. The highest BCUT2D eigenvalue weighted by molar-refractivity contribution is 6.10. The highest BCUT2D eigenvalue weighted by Crippen LogP contribution is 2.08. The molecule has 0 radical (unpaired) electrons. The predicted octanol–water partition coefficient (Wildman–Crippen LogP) is 1.35. The summed E-state index contributed by atoms with van der Waals surface area (Å²) in [6.45, 7) is 1.56. The molecule has 1 aromatic carbocycles. The number of hydrogen-bond acceptors (Lipinski definition) is 5. The normalized spacial score (nSPS) is 11.4. The molecule has 5 nitrogen and oxygen atoms in total. The summed E-state index contributed by atoms with van der Waals surface area (Å²) in [4.78, 5) is 45.2. The standard InChI is InChI=1S/C14H14O5/c1-2-11(16)13(12(17)8-9-15)19-14(18)10-6-4-3-5-7-10/h3-7,9,13H,2,8H2,1H3. The van der Waals surface area contributed by atoms with Crippen LogP contribution >= 0.6 is 0 Å². The third-order valence-electron chi connectivity index (χ3n) is 2.45. The van der Waals surface area contributed by atoms with Crippen molar-refractivity contribution in [3.05, 3.63) is 35.9 Å². The molecule has 5 heteroatoms. The Balaban J connectivity index is 2.83. The van der Waals surface area contributed by atoms with E-state index < -0.39 is 30.1 Å². The van der Waals surface area contributed by atoms with Gasteiger partial charge in [0.05, 0.1) is 12.0 Å². The molecule has 0 heterocycles. The monoisotopic (exact) mass is 262 g/mol. The first-order valence-corrected chi connectivity index (χ1v) is 5.85. The molecule has 0 amide bonds. The summed E-state index contributed by atoms with van der Waals surface area (Å²) in [6.07, 6.45) is -1.51. The molecular weight excluding hydrogens is 248 g/mol. The summed E-state index contributed by atoms with van der Waals surface area (Å²) in [5.74, 6) is -1.98.